The average Bonchev–Trinajstić information content (AvgIpc) is 3.07. The molecular weight excluding hydrogens is 708 g/mol. The molecule has 1 unspecified atom stereocenters. The van der Waals surface area contributed by atoms with E-state index in [0.29, 0.717) is 36.9 Å². The van der Waals surface area contributed by atoms with Gasteiger partial charge in [-0.2, -0.15) is 0 Å². The Morgan fingerprint density at radius 1 is 0.939 bits per heavy atom. The molecule has 6 rings (SSSR count). The van der Waals surface area contributed by atoms with Crippen LogP contribution in [0, 0.1) is 11.6 Å². The Kier molecular flexibility index (Phi) is 13.6. The molecule has 4 N–H and O–H groups in total. The van der Waals surface area contributed by atoms with Gasteiger partial charge in [0.2, 0.25) is 0 Å². The van der Waals surface area contributed by atoms with Gasteiger partial charge in [0, 0.05) is 24.1 Å². The molecular formula is C33H35Cl2F2N2O9P. The van der Waals surface area contributed by atoms with Gasteiger partial charge >= 0.3 is 14.6 Å². The Balaban J connectivity index is 0.000000380. The summed E-state index contributed by atoms with van der Waals surface area (Å²) in [6.45, 7) is -0.410. The number of amides is 1. The Morgan fingerprint density at radius 3 is 2.14 bits per heavy atom. The van der Waals surface area contributed by atoms with E-state index in [2.05, 4.69) is 10.6 Å². The summed E-state index contributed by atoms with van der Waals surface area (Å²) in [7, 11) is -0.683. The van der Waals surface area contributed by atoms with Gasteiger partial charge in [0.1, 0.15) is 41.6 Å². The number of aldehydes is 1. The van der Waals surface area contributed by atoms with E-state index in [1.54, 1.807) is 24.3 Å². The van der Waals surface area contributed by atoms with Crippen LogP contribution in [0.5, 0.6) is 17.2 Å². The first-order valence-electron chi connectivity index (χ1n) is 15.1. The molecule has 1 amide bonds. The van der Waals surface area contributed by atoms with E-state index in [9.17, 15) is 23.2 Å². The summed E-state index contributed by atoms with van der Waals surface area (Å²) in [4.78, 5) is 53.8. The van der Waals surface area contributed by atoms with E-state index in [0.717, 1.165) is 25.0 Å². The number of rotatable bonds is 13. The molecule has 0 aliphatic heterocycles. The highest BCUT2D eigenvalue weighted by Gasteiger charge is 2.56. The number of halogens is 4. The summed E-state index contributed by atoms with van der Waals surface area (Å²) in [6, 6.07) is 14.4. The molecule has 1 atom stereocenters. The zero-order chi connectivity index (χ0) is 35.6. The molecule has 0 aromatic heterocycles. The Morgan fingerprint density at radius 2 is 1.57 bits per heavy atom. The normalized spacial score (nSPS) is 20.9. The highest BCUT2D eigenvalue weighted by Crippen LogP contribution is 2.48. The van der Waals surface area contributed by atoms with Crippen LogP contribution in [0.15, 0.2) is 60.7 Å². The van der Waals surface area contributed by atoms with Gasteiger partial charge in [-0.3, -0.25) is 14.4 Å². The topological polar surface area (TPSA) is 153 Å². The van der Waals surface area contributed by atoms with Crippen molar-refractivity contribution in [3.8, 4) is 17.2 Å². The van der Waals surface area contributed by atoms with Crippen molar-refractivity contribution in [1.29, 1.82) is 0 Å². The van der Waals surface area contributed by atoms with Crippen LogP contribution in [0.4, 0.5) is 8.78 Å². The predicted molar refractivity (Wildman–Crippen MR) is 178 cm³/mol. The number of benzene rings is 3. The van der Waals surface area contributed by atoms with Crippen molar-refractivity contribution < 1.29 is 51.7 Å². The second-order valence-electron chi connectivity index (χ2n) is 11.5. The summed E-state index contributed by atoms with van der Waals surface area (Å²) in [5.41, 5.74) is -0.332. The predicted octanol–water partition coefficient (Wildman–Crippen LogP) is 5.45. The second kappa shape index (κ2) is 17.4. The number of carbonyl (C=O) groups is 3. The zero-order valence-corrected chi connectivity index (χ0v) is 28.7. The van der Waals surface area contributed by atoms with E-state index in [4.69, 9.17) is 51.7 Å². The Bertz CT molecular complexity index is 1630. The lowest BCUT2D eigenvalue weighted by atomic mass is 9.60. The maximum Gasteiger partial charge on any atom is 0.391 e. The Labute approximate surface area is 292 Å². The van der Waals surface area contributed by atoms with Crippen molar-refractivity contribution in [2.45, 2.75) is 55.7 Å². The van der Waals surface area contributed by atoms with E-state index < -0.39 is 43.8 Å². The number of fused-ring (bicyclic) bond motifs is 3. The van der Waals surface area contributed by atoms with Crippen molar-refractivity contribution >= 4 is 50.0 Å². The fraction of sp³-hybridized carbons (Fsp3) is 0.364. The number of hydrogen-bond donors (Lipinski definition) is 4. The lowest BCUT2D eigenvalue weighted by Gasteiger charge is -2.57. The second-order valence-corrected chi connectivity index (χ2v) is 13.0. The van der Waals surface area contributed by atoms with Crippen LogP contribution in [-0.2, 0) is 25.5 Å². The molecule has 16 heteroatoms. The maximum atomic E-state index is 13.7. The highest BCUT2D eigenvalue weighted by molar-refractivity contribution is 7.39. The minimum absolute atomic E-state index is 0.0356. The van der Waals surface area contributed by atoms with Gasteiger partial charge in [0.15, 0.2) is 12.9 Å². The number of ether oxygens (including phenoxy) is 3. The third kappa shape index (κ3) is 10.7. The highest BCUT2D eigenvalue weighted by atomic mass is 35.5. The third-order valence-corrected chi connectivity index (χ3v) is 9.38. The quantitative estimate of drug-likeness (QED) is 0.101. The van der Waals surface area contributed by atoms with Gasteiger partial charge in [0.05, 0.1) is 22.0 Å². The number of carbonyl (C=O) groups excluding carboxylic acids is 3. The standard InChI is InChI=1S/C25H29ClFN2O7P.C8H6ClFO2/c1-28-24-7-9-25(10-8-24,29-22(30)15-34-17-5-6-19(26)20(27)13-17)21(14-24)35-23(31)12-16-3-2-4-18(11-16)36-37(32)33;9-7-2-1-6(5-8(7)10)12-4-3-11/h2-6,11,13,21,28,32-33H,7-10,12,14-15H2,1H3,(H,29,30);1-3,5H,4H2. The molecule has 11 nitrogen and oxygen atoms in total. The van der Waals surface area contributed by atoms with Crippen LogP contribution in [0.25, 0.3) is 0 Å². The largest absolute Gasteiger partial charge is 0.486 e. The first-order chi connectivity index (χ1) is 23.4. The van der Waals surface area contributed by atoms with Crippen LogP contribution in [-0.4, -0.2) is 65.4 Å². The smallest absolute Gasteiger partial charge is 0.391 e. The number of esters is 1. The molecule has 0 heterocycles. The first kappa shape index (κ1) is 38.2. The van der Waals surface area contributed by atoms with Gasteiger partial charge in [-0.15, -0.1) is 0 Å². The molecule has 3 aliphatic rings. The van der Waals surface area contributed by atoms with Gasteiger partial charge in [0.25, 0.3) is 5.91 Å². The van der Waals surface area contributed by atoms with Crippen molar-refractivity contribution in [3.05, 3.63) is 87.9 Å². The van der Waals surface area contributed by atoms with Gasteiger partial charge in [-0.05, 0) is 74.7 Å². The van der Waals surface area contributed by atoms with Crippen molar-refractivity contribution in [2.75, 3.05) is 20.3 Å². The van der Waals surface area contributed by atoms with Gasteiger partial charge < -0.3 is 39.2 Å². The summed E-state index contributed by atoms with van der Waals surface area (Å²) in [5.74, 6) is -1.36. The Hall–Kier alpha value is -3.58. The van der Waals surface area contributed by atoms with Crippen molar-refractivity contribution in [1.82, 2.24) is 10.6 Å². The molecule has 0 spiro atoms. The molecule has 49 heavy (non-hydrogen) atoms. The molecule has 264 valence electrons. The molecule has 3 aromatic carbocycles. The van der Waals surface area contributed by atoms with Crippen molar-refractivity contribution in [3.63, 3.8) is 0 Å². The van der Waals surface area contributed by atoms with Crippen molar-refractivity contribution in [2.24, 2.45) is 0 Å². The van der Waals surface area contributed by atoms with Crippen LogP contribution in [0.3, 0.4) is 0 Å². The summed E-state index contributed by atoms with van der Waals surface area (Å²) in [5, 5.41) is 6.42. The maximum absolute atomic E-state index is 13.7. The molecule has 3 saturated carbocycles. The summed E-state index contributed by atoms with van der Waals surface area (Å²) >= 11 is 11.1. The molecule has 3 aliphatic carbocycles. The molecule has 3 aromatic rings. The summed E-state index contributed by atoms with van der Waals surface area (Å²) in [6.07, 6.45) is 3.38. The van der Waals surface area contributed by atoms with Crippen LogP contribution in [0.2, 0.25) is 10.0 Å². The fourth-order valence-electron chi connectivity index (χ4n) is 5.86. The lowest BCUT2D eigenvalue weighted by Crippen LogP contribution is -2.70. The van der Waals surface area contributed by atoms with E-state index >= 15 is 0 Å². The summed E-state index contributed by atoms with van der Waals surface area (Å²) < 4.78 is 47.5. The number of nitrogens with one attached hydrogen (secondary N) is 2. The molecule has 2 bridgehead atoms. The van der Waals surface area contributed by atoms with E-state index in [-0.39, 0.29) is 46.7 Å². The first-order valence-corrected chi connectivity index (χ1v) is 17.0. The van der Waals surface area contributed by atoms with Gasteiger partial charge in [-0.25, -0.2) is 8.78 Å². The minimum Gasteiger partial charge on any atom is -0.486 e. The monoisotopic (exact) mass is 742 g/mol. The van der Waals surface area contributed by atoms with Crippen LogP contribution >= 0.6 is 31.8 Å². The average molecular weight is 744 g/mol. The molecule has 3 fully saturated rings. The fourth-order valence-corrected chi connectivity index (χ4v) is 6.40. The minimum atomic E-state index is -2.57. The van der Waals surface area contributed by atoms with Crippen LogP contribution < -0.4 is 24.6 Å². The van der Waals surface area contributed by atoms with Crippen LogP contribution in [0.1, 0.15) is 37.7 Å². The third-order valence-electron chi connectivity index (χ3n) is 8.39. The van der Waals surface area contributed by atoms with E-state index in [1.807, 2.05) is 7.05 Å². The molecule has 0 saturated heterocycles. The van der Waals surface area contributed by atoms with E-state index in [1.165, 1.54) is 24.3 Å². The zero-order valence-electron chi connectivity index (χ0n) is 26.3. The van der Waals surface area contributed by atoms with Gasteiger partial charge in [-0.1, -0.05) is 35.3 Å². The number of hydrogen-bond acceptors (Lipinski definition) is 10. The lowest BCUT2D eigenvalue weighted by molar-refractivity contribution is -0.165. The molecule has 0 radical (unpaired) electrons. The SMILES string of the molecule is CNC12CCC(NC(=O)COc3ccc(Cl)c(F)c3)(CC1)C(OC(=O)Cc1cccc(OP(O)O)c1)C2.O=CCOc1ccc(Cl)c(F)c1.